The first kappa shape index (κ1) is 24.7. The number of hydrogen-bond acceptors (Lipinski definition) is 6. The number of hydrogen-bond donors (Lipinski definition) is 1. The molecule has 0 unspecified atom stereocenters. The van der Waals surface area contributed by atoms with Crippen molar-refractivity contribution in [2.45, 2.75) is 6.54 Å². The first-order chi connectivity index (χ1) is 17.0. The number of methoxy groups -OCH3 is 2. The van der Waals surface area contributed by atoms with Gasteiger partial charge in [0.2, 0.25) is 5.91 Å². The number of nitrogens with zero attached hydrogens (tertiary/aromatic N) is 2. The number of halogens is 1. The van der Waals surface area contributed by atoms with Crippen LogP contribution in [0.3, 0.4) is 0 Å². The smallest absolute Gasteiger partial charge is 0.251 e. The number of nitrogens with one attached hydrogen (secondary N) is 1. The van der Waals surface area contributed by atoms with Crippen molar-refractivity contribution in [3.05, 3.63) is 70.9 Å². The number of benzene rings is 2. The van der Waals surface area contributed by atoms with E-state index in [-0.39, 0.29) is 24.2 Å². The minimum Gasteiger partial charge on any atom is -0.493 e. The van der Waals surface area contributed by atoms with E-state index in [2.05, 4.69) is 10.2 Å². The highest BCUT2D eigenvalue weighted by Gasteiger charge is 2.22. The van der Waals surface area contributed by atoms with E-state index in [0.29, 0.717) is 35.7 Å². The molecule has 1 aliphatic rings. The Morgan fingerprint density at radius 3 is 2.43 bits per heavy atom. The number of carbonyl (C=O) groups excluding carboxylic acids is 2. The molecule has 184 valence electrons. The molecule has 35 heavy (non-hydrogen) atoms. The lowest BCUT2D eigenvalue weighted by molar-refractivity contribution is -0.131. The largest absolute Gasteiger partial charge is 0.493 e. The Morgan fingerprint density at radius 1 is 0.971 bits per heavy atom. The van der Waals surface area contributed by atoms with E-state index >= 15 is 0 Å². The zero-order chi connectivity index (χ0) is 24.8. The minimum atomic E-state index is -0.346. The summed E-state index contributed by atoms with van der Waals surface area (Å²) in [6.07, 6.45) is 0. The van der Waals surface area contributed by atoms with E-state index in [9.17, 15) is 14.0 Å². The van der Waals surface area contributed by atoms with Crippen molar-refractivity contribution in [3.63, 3.8) is 0 Å². The van der Waals surface area contributed by atoms with Gasteiger partial charge in [0.15, 0.2) is 11.5 Å². The summed E-state index contributed by atoms with van der Waals surface area (Å²) in [6.45, 7) is 3.36. The van der Waals surface area contributed by atoms with Crippen molar-refractivity contribution in [1.82, 2.24) is 15.1 Å². The van der Waals surface area contributed by atoms with Gasteiger partial charge < -0.3 is 19.7 Å². The standard InChI is InChI=1S/C26H28FN3O4S/c1-33-22-9-7-18(15-23(22)34-2)26(32)28-16-25(31)30-13-11-29(12-14-30)17-19-8-10-24(35-19)20-5-3-4-6-21(20)27/h3-10,15H,11-14,16-17H2,1-2H3,(H,28,32). The fourth-order valence-corrected chi connectivity index (χ4v) is 5.07. The molecule has 4 rings (SSSR count). The van der Waals surface area contributed by atoms with Gasteiger partial charge in [0.05, 0.1) is 20.8 Å². The maximum atomic E-state index is 14.1. The molecule has 0 bridgehead atoms. The summed E-state index contributed by atoms with van der Waals surface area (Å²) in [5, 5.41) is 2.69. The predicted molar refractivity (Wildman–Crippen MR) is 133 cm³/mol. The second-order valence-corrected chi connectivity index (χ2v) is 9.32. The van der Waals surface area contributed by atoms with Gasteiger partial charge in [-0.05, 0) is 36.4 Å². The Labute approximate surface area is 208 Å². The van der Waals surface area contributed by atoms with E-state index in [0.717, 1.165) is 29.4 Å². The number of rotatable bonds is 8. The zero-order valence-corrected chi connectivity index (χ0v) is 20.6. The summed E-state index contributed by atoms with van der Waals surface area (Å²) in [4.78, 5) is 31.2. The Balaban J connectivity index is 1.24. The third-order valence-electron chi connectivity index (χ3n) is 5.95. The van der Waals surface area contributed by atoms with Crippen molar-refractivity contribution in [3.8, 4) is 21.9 Å². The maximum Gasteiger partial charge on any atom is 0.251 e. The first-order valence-electron chi connectivity index (χ1n) is 11.3. The molecule has 1 aromatic heterocycles. The summed E-state index contributed by atoms with van der Waals surface area (Å²) < 4.78 is 24.5. The molecule has 2 aromatic carbocycles. The van der Waals surface area contributed by atoms with E-state index in [1.165, 1.54) is 20.3 Å². The zero-order valence-electron chi connectivity index (χ0n) is 19.8. The highest BCUT2D eigenvalue weighted by molar-refractivity contribution is 7.15. The van der Waals surface area contributed by atoms with Crippen LogP contribution in [-0.2, 0) is 11.3 Å². The summed E-state index contributed by atoms with van der Waals surface area (Å²) in [5.74, 6) is 0.308. The molecule has 2 amide bonds. The van der Waals surface area contributed by atoms with Gasteiger partial charge in [0.25, 0.3) is 5.91 Å². The van der Waals surface area contributed by atoms with Crippen LogP contribution in [0.5, 0.6) is 11.5 Å². The quantitative estimate of drug-likeness (QED) is 0.515. The second-order valence-electron chi connectivity index (χ2n) is 8.16. The maximum absolute atomic E-state index is 14.1. The van der Waals surface area contributed by atoms with Gasteiger partial charge in [-0.25, -0.2) is 4.39 Å². The number of ether oxygens (including phenoxy) is 2. The lowest BCUT2D eigenvalue weighted by Crippen LogP contribution is -2.50. The number of carbonyl (C=O) groups is 2. The normalized spacial score (nSPS) is 14.0. The average molecular weight is 498 g/mol. The second kappa shape index (κ2) is 11.3. The highest BCUT2D eigenvalue weighted by Crippen LogP contribution is 2.31. The van der Waals surface area contributed by atoms with Gasteiger partial charge in [0.1, 0.15) is 5.82 Å². The lowest BCUT2D eigenvalue weighted by Gasteiger charge is -2.34. The molecule has 1 N–H and O–H groups in total. The van der Waals surface area contributed by atoms with E-state index in [4.69, 9.17) is 9.47 Å². The Morgan fingerprint density at radius 2 is 1.71 bits per heavy atom. The summed E-state index contributed by atoms with van der Waals surface area (Å²) in [5.41, 5.74) is 1.01. The Kier molecular flexibility index (Phi) is 7.99. The van der Waals surface area contributed by atoms with Crippen molar-refractivity contribution < 1.29 is 23.5 Å². The van der Waals surface area contributed by atoms with Gasteiger partial charge in [-0.15, -0.1) is 11.3 Å². The van der Waals surface area contributed by atoms with Crippen molar-refractivity contribution in [2.24, 2.45) is 0 Å². The van der Waals surface area contributed by atoms with Gasteiger partial charge in [-0.2, -0.15) is 0 Å². The van der Waals surface area contributed by atoms with Crippen LogP contribution < -0.4 is 14.8 Å². The van der Waals surface area contributed by atoms with Gasteiger partial charge >= 0.3 is 0 Å². The molecular formula is C26H28FN3O4S. The average Bonchev–Trinajstić information content (AvgIpc) is 3.35. The minimum absolute atomic E-state index is 0.0654. The molecular weight excluding hydrogens is 469 g/mol. The topological polar surface area (TPSA) is 71.1 Å². The molecule has 0 spiro atoms. The predicted octanol–water partition coefficient (Wildman–Crippen LogP) is 3.65. The SMILES string of the molecule is COc1ccc(C(=O)NCC(=O)N2CCN(Cc3ccc(-c4ccccc4F)s3)CC2)cc1OC. The fourth-order valence-electron chi connectivity index (χ4n) is 3.99. The monoisotopic (exact) mass is 497 g/mol. The molecule has 0 atom stereocenters. The van der Waals surface area contributed by atoms with Crippen molar-refractivity contribution >= 4 is 23.2 Å². The molecule has 1 aliphatic heterocycles. The molecule has 3 aromatic rings. The fraction of sp³-hybridized carbons (Fsp3) is 0.308. The molecule has 0 saturated carbocycles. The number of thiophene rings is 1. The summed E-state index contributed by atoms with van der Waals surface area (Å²) >= 11 is 1.59. The van der Waals surface area contributed by atoms with Crippen LogP contribution in [0.4, 0.5) is 4.39 Å². The molecule has 0 radical (unpaired) electrons. The van der Waals surface area contributed by atoms with E-state index in [1.54, 1.807) is 46.6 Å². The van der Waals surface area contributed by atoms with Crippen molar-refractivity contribution in [2.75, 3.05) is 46.9 Å². The van der Waals surface area contributed by atoms with Crippen LogP contribution in [0.2, 0.25) is 0 Å². The van der Waals surface area contributed by atoms with Gasteiger partial charge in [-0.3, -0.25) is 14.5 Å². The molecule has 0 aliphatic carbocycles. The lowest BCUT2D eigenvalue weighted by atomic mass is 10.2. The third-order valence-corrected chi connectivity index (χ3v) is 7.05. The van der Waals surface area contributed by atoms with Gasteiger partial charge in [0, 0.05) is 53.6 Å². The molecule has 1 saturated heterocycles. The van der Waals surface area contributed by atoms with Crippen LogP contribution in [0.25, 0.3) is 10.4 Å². The van der Waals surface area contributed by atoms with Crippen molar-refractivity contribution in [1.29, 1.82) is 0 Å². The van der Waals surface area contributed by atoms with Crippen LogP contribution in [-0.4, -0.2) is 68.6 Å². The van der Waals surface area contributed by atoms with Crippen LogP contribution >= 0.6 is 11.3 Å². The van der Waals surface area contributed by atoms with E-state index in [1.807, 2.05) is 18.2 Å². The Hall–Kier alpha value is -3.43. The molecule has 7 nitrogen and oxygen atoms in total. The van der Waals surface area contributed by atoms with E-state index < -0.39 is 0 Å². The highest BCUT2D eigenvalue weighted by atomic mass is 32.1. The number of piperazine rings is 1. The van der Waals surface area contributed by atoms with Crippen LogP contribution in [0.15, 0.2) is 54.6 Å². The molecule has 2 heterocycles. The molecule has 9 heteroatoms. The summed E-state index contributed by atoms with van der Waals surface area (Å²) in [6, 6.07) is 15.6. The van der Waals surface area contributed by atoms with Gasteiger partial charge in [-0.1, -0.05) is 18.2 Å². The number of amides is 2. The first-order valence-corrected chi connectivity index (χ1v) is 12.1. The third kappa shape index (κ3) is 5.98. The summed E-state index contributed by atoms with van der Waals surface area (Å²) in [7, 11) is 3.03. The van der Waals surface area contributed by atoms with Crippen LogP contribution in [0.1, 0.15) is 15.2 Å². The molecule has 1 fully saturated rings. The van der Waals surface area contributed by atoms with Crippen LogP contribution in [0, 0.1) is 5.82 Å². The Bertz CT molecular complexity index is 1190.